The van der Waals surface area contributed by atoms with E-state index in [0.717, 1.165) is 12.1 Å². The van der Waals surface area contributed by atoms with Crippen molar-refractivity contribution in [3.63, 3.8) is 0 Å². The molecule has 2 aromatic carbocycles. The Morgan fingerprint density at radius 2 is 1.86 bits per heavy atom. The highest BCUT2D eigenvalue weighted by atomic mass is 35.5. The van der Waals surface area contributed by atoms with Gasteiger partial charge in [-0.05, 0) is 29.3 Å². The molecule has 0 bridgehead atoms. The highest BCUT2D eigenvalue weighted by Crippen LogP contribution is 2.33. The summed E-state index contributed by atoms with van der Waals surface area (Å²) in [5.41, 5.74) is 0.00508. The SMILES string of the molecule is O=Cc1c(OC(F)(F)F)cccc1-c1ccc(Cl)c(F)c1. The maximum atomic E-state index is 13.4. The molecule has 0 aliphatic carbocycles. The van der Waals surface area contributed by atoms with Crippen molar-refractivity contribution in [2.45, 2.75) is 6.36 Å². The normalized spacial score (nSPS) is 11.3. The van der Waals surface area contributed by atoms with Crippen LogP contribution in [-0.4, -0.2) is 12.6 Å². The van der Waals surface area contributed by atoms with Gasteiger partial charge in [0.15, 0.2) is 6.29 Å². The van der Waals surface area contributed by atoms with E-state index in [1.54, 1.807) is 0 Å². The minimum atomic E-state index is -4.93. The second kappa shape index (κ2) is 5.73. The molecule has 0 heterocycles. The van der Waals surface area contributed by atoms with E-state index >= 15 is 0 Å². The molecule has 0 saturated heterocycles. The monoisotopic (exact) mass is 318 g/mol. The van der Waals surface area contributed by atoms with E-state index < -0.39 is 17.9 Å². The van der Waals surface area contributed by atoms with Crippen LogP contribution in [-0.2, 0) is 0 Å². The van der Waals surface area contributed by atoms with Gasteiger partial charge in [-0.15, -0.1) is 13.2 Å². The molecule has 0 atom stereocenters. The Labute approximate surface area is 121 Å². The smallest absolute Gasteiger partial charge is 0.405 e. The van der Waals surface area contributed by atoms with Gasteiger partial charge in [0.1, 0.15) is 11.6 Å². The van der Waals surface area contributed by atoms with Gasteiger partial charge in [-0.25, -0.2) is 4.39 Å². The third-order valence-electron chi connectivity index (χ3n) is 2.64. The fourth-order valence-corrected chi connectivity index (χ4v) is 1.91. The second-order valence-corrected chi connectivity index (χ2v) is 4.42. The third-order valence-corrected chi connectivity index (χ3v) is 2.95. The summed E-state index contributed by atoms with van der Waals surface area (Å²) < 4.78 is 54.1. The van der Waals surface area contributed by atoms with Crippen LogP contribution in [0.15, 0.2) is 36.4 Å². The Balaban J connectivity index is 2.56. The fraction of sp³-hybridized carbons (Fsp3) is 0.0714. The van der Waals surface area contributed by atoms with Crippen LogP contribution < -0.4 is 4.74 Å². The Hall–Kier alpha value is -2.08. The lowest BCUT2D eigenvalue weighted by Crippen LogP contribution is -2.18. The van der Waals surface area contributed by atoms with Crippen molar-refractivity contribution in [1.29, 1.82) is 0 Å². The van der Waals surface area contributed by atoms with Gasteiger partial charge in [0, 0.05) is 0 Å². The van der Waals surface area contributed by atoms with Crippen molar-refractivity contribution in [2.75, 3.05) is 0 Å². The second-order valence-electron chi connectivity index (χ2n) is 4.01. The maximum absolute atomic E-state index is 13.4. The Morgan fingerprint density at radius 3 is 2.43 bits per heavy atom. The zero-order valence-electron chi connectivity index (χ0n) is 10.2. The van der Waals surface area contributed by atoms with Crippen molar-refractivity contribution < 1.29 is 27.1 Å². The first-order valence-corrected chi connectivity index (χ1v) is 5.99. The molecule has 0 fully saturated rings. The van der Waals surface area contributed by atoms with Gasteiger partial charge < -0.3 is 4.74 Å². The van der Waals surface area contributed by atoms with Crippen LogP contribution in [0.1, 0.15) is 10.4 Å². The summed E-state index contributed by atoms with van der Waals surface area (Å²) in [7, 11) is 0. The summed E-state index contributed by atoms with van der Waals surface area (Å²) in [6.45, 7) is 0. The molecule has 0 aromatic heterocycles. The quantitative estimate of drug-likeness (QED) is 0.597. The maximum Gasteiger partial charge on any atom is 0.573 e. The highest BCUT2D eigenvalue weighted by Gasteiger charge is 2.32. The van der Waals surface area contributed by atoms with Gasteiger partial charge in [-0.1, -0.05) is 29.8 Å². The molecule has 0 radical (unpaired) electrons. The largest absolute Gasteiger partial charge is 0.573 e. The van der Waals surface area contributed by atoms with E-state index in [4.69, 9.17) is 11.6 Å². The summed E-state index contributed by atoms with van der Waals surface area (Å²) >= 11 is 5.54. The summed E-state index contributed by atoms with van der Waals surface area (Å²) in [5.74, 6) is -1.39. The van der Waals surface area contributed by atoms with Gasteiger partial charge in [0.25, 0.3) is 0 Å². The molecule has 110 valence electrons. The third kappa shape index (κ3) is 3.52. The first-order chi connectivity index (χ1) is 9.81. The average molecular weight is 319 g/mol. The Kier molecular flexibility index (Phi) is 4.18. The van der Waals surface area contributed by atoms with Gasteiger partial charge in [0.2, 0.25) is 0 Å². The molecule has 0 aliphatic heterocycles. The van der Waals surface area contributed by atoms with Crippen LogP contribution in [0.5, 0.6) is 5.75 Å². The number of halogens is 5. The first-order valence-electron chi connectivity index (χ1n) is 5.61. The number of ether oxygens (including phenoxy) is 1. The van der Waals surface area contributed by atoms with Crippen molar-refractivity contribution in [3.8, 4) is 16.9 Å². The standard InChI is InChI=1S/C14H7ClF4O2/c15-11-5-4-8(6-12(11)16)9-2-1-3-13(10(9)7-20)21-14(17,18)19/h1-7H. The molecule has 2 rings (SSSR count). The number of aldehydes is 1. The van der Waals surface area contributed by atoms with E-state index in [-0.39, 0.29) is 28.0 Å². The highest BCUT2D eigenvalue weighted by molar-refractivity contribution is 6.30. The molecule has 0 unspecified atom stereocenters. The van der Waals surface area contributed by atoms with E-state index in [2.05, 4.69) is 4.74 Å². The summed E-state index contributed by atoms with van der Waals surface area (Å²) in [6, 6.07) is 7.34. The summed E-state index contributed by atoms with van der Waals surface area (Å²) in [6.07, 6.45) is -4.70. The number of hydrogen-bond acceptors (Lipinski definition) is 2. The molecule has 21 heavy (non-hydrogen) atoms. The molecule has 0 aliphatic rings. The zero-order valence-corrected chi connectivity index (χ0v) is 11.0. The summed E-state index contributed by atoms with van der Waals surface area (Å²) in [4.78, 5) is 11.1. The zero-order chi connectivity index (χ0) is 15.6. The van der Waals surface area contributed by atoms with E-state index in [1.165, 1.54) is 24.3 Å². The molecular formula is C14H7ClF4O2. The topological polar surface area (TPSA) is 26.3 Å². The number of rotatable bonds is 3. The number of benzene rings is 2. The van der Waals surface area contributed by atoms with Crippen LogP contribution in [0.25, 0.3) is 11.1 Å². The number of carbonyl (C=O) groups is 1. The molecule has 0 amide bonds. The molecule has 0 saturated carbocycles. The van der Waals surface area contributed by atoms with Crippen LogP contribution >= 0.6 is 11.6 Å². The Morgan fingerprint density at radius 1 is 1.14 bits per heavy atom. The number of alkyl halides is 3. The van der Waals surface area contributed by atoms with E-state index in [1.807, 2.05) is 0 Å². The fourth-order valence-electron chi connectivity index (χ4n) is 1.79. The molecule has 0 spiro atoms. The molecule has 2 aromatic rings. The minimum Gasteiger partial charge on any atom is -0.405 e. The van der Waals surface area contributed by atoms with Crippen LogP contribution in [0.4, 0.5) is 17.6 Å². The lowest BCUT2D eigenvalue weighted by atomic mass is 9.99. The van der Waals surface area contributed by atoms with Gasteiger partial charge in [-0.2, -0.15) is 0 Å². The van der Waals surface area contributed by atoms with Gasteiger partial charge in [-0.3, -0.25) is 4.79 Å². The van der Waals surface area contributed by atoms with E-state index in [0.29, 0.717) is 0 Å². The lowest BCUT2D eigenvalue weighted by molar-refractivity contribution is -0.274. The van der Waals surface area contributed by atoms with Crippen LogP contribution in [0, 0.1) is 5.82 Å². The van der Waals surface area contributed by atoms with E-state index in [9.17, 15) is 22.4 Å². The van der Waals surface area contributed by atoms with Crippen molar-refractivity contribution in [2.24, 2.45) is 0 Å². The first kappa shape index (κ1) is 15.3. The average Bonchev–Trinajstić information content (AvgIpc) is 2.40. The van der Waals surface area contributed by atoms with Crippen molar-refractivity contribution >= 4 is 17.9 Å². The Bertz CT molecular complexity index is 683. The number of carbonyl (C=O) groups excluding carboxylic acids is 1. The number of hydrogen-bond donors (Lipinski definition) is 0. The molecule has 7 heteroatoms. The molecular weight excluding hydrogens is 312 g/mol. The molecule has 2 nitrogen and oxygen atoms in total. The minimum absolute atomic E-state index is 0.113. The molecule has 0 N–H and O–H groups in total. The predicted octanol–water partition coefficient (Wildman–Crippen LogP) is 4.86. The van der Waals surface area contributed by atoms with Crippen LogP contribution in [0.3, 0.4) is 0 Å². The van der Waals surface area contributed by atoms with Gasteiger partial charge >= 0.3 is 6.36 Å². The van der Waals surface area contributed by atoms with Gasteiger partial charge in [0.05, 0.1) is 10.6 Å². The summed E-state index contributed by atoms with van der Waals surface area (Å²) in [5, 5.41) is -0.130. The van der Waals surface area contributed by atoms with Crippen molar-refractivity contribution in [3.05, 3.63) is 52.8 Å². The van der Waals surface area contributed by atoms with Crippen molar-refractivity contribution in [1.82, 2.24) is 0 Å². The van der Waals surface area contributed by atoms with Crippen LogP contribution in [0.2, 0.25) is 5.02 Å². The lowest BCUT2D eigenvalue weighted by Gasteiger charge is -2.13. The predicted molar refractivity (Wildman–Crippen MR) is 68.9 cm³/mol.